The molecule has 4 N–H and O–H groups in total. The zero-order valence-electron chi connectivity index (χ0n) is 9.44. The van der Waals surface area contributed by atoms with Crippen LogP contribution in [0.2, 0.25) is 0 Å². The number of aliphatic carboxylic acids is 1. The molecule has 94 valence electrons. The summed E-state index contributed by atoms with van der Waals surface area (Å²) in [5, 5.41) is 22.0. The molecule has 1 amide bonds. The SMILES string of the molecule is CNC(=O)c1cc(C#N)c(SCC(=O)[O-])[nH+]c1N. The number of pyridine rings is 1. The van der Waals surface area contributed by atoms with Gasteiger partial charge in [0.05, 0.1) is 5.97 Å². The van der Waals surface area contributed by atoms with Crippen LogP contribution in [0.1, 0.15) is 15.9 Å². The Labute approximate surface area is 107 Å². The quantitative estimate of drug-likeness (QED) is 0.615. The predicted octanol–water partition coefficient (Wildman–Crippen LogP) is -1.84. The van der Waals surface area contributed by atoms with Gasteiger partial charge in [0.1, 0.15) is 17.2 Å². The summed E-state index contributed by atoms with van der Waals surface area (Å²) in [6.07, 6.45) is 0. The molecular weight excluding hydrogens is 256 g/mol. The molecule has 0 spiro atoms. The van der Waals surface area contributed by atoms with Crippen LogP contribution in [0, 0.1) is 11.3 Å². The number of carboxylic acids is 1. The van der Waals surface area contributed by atoms with Crippen molar-refractivity contribution in [3.63, 3.8) is 0 Å². The summed E-state index contributed by atoms with van der Waals surface area (Å²) in [7, 11) is 1.44. The van der Waals surface area contributed by atoms with Crippen molar-refractivity contribution < 1.29 is 19.7 Å². The van der Waals surface area contributed by atoms with Crippen molar-refractivity contribution in [3.8, 4) is 6.07 Å². The zero-order chi connectivity index (χ0) is 13.7. The van der Waals surface area contributed by atoms with Gasteiger partial charge in [-0.25, -0.2) is 4.98 Å². The number of carbonyl (C=O) groups excluding carboxylic acids is 2. The minimum Gasteiger partial charge on any atom is -0.549 e. The number of nitrogens with two attached hydrogens (primary N) is 1. The van der Waals surface area contributed by atoms with E-state index in [1.165, 1.54) is 13.1 Å². The maximum atomic E-state index is 11.4. The number of nitrogens with one attached hydrogen (secondary N) is 2. The van der Waals surface area contributed by atoms with Gasteiger partial charge in [0.15, 0.2) is 5.03 Å². The van der Waals surface area contributed by atoms with Crippen LogP contribution in [-0.2, 0) is 4.79 Å². The van der Waals surface area contributed by atoms with Gasteiger partial charge in [-0.3, -0.25) is 10.5 Å². The molecule has 0 radical (unpaired) electrons. The maximum absolute atomic E-state index is 11.4. The van der Waals surface area contributed by atoms with Gasteiger partial charge in [0, 0.05) is 12.8 Å². The van der Waals surface area contributed by atoms with Crippen LogP contribution in [0.4, 0.5) is 5.82 Å². The summed E-state index contributed by atoms with van der Waals surface area (Å²) in [6.45, 7) is 0. The summed E-state index contributed by atoms with van der Waals surface area (Å²) in [5.41, 5.74) is 5.90. The van der Waals surface area contributed by atoms with Gasteiger partial charge in [-0.2, -0.15) is 5.26 Å². The largest absolute Gasteiger partial charge is 0.549 e. The number of aromatic nitrogens is 1. The Hall–Kier alpha value is -2.27. The standard InChI is InChI=1S/C10H10N4O3S/c1-13-9(17)6-2-5(3-11)10(14-8(6)12)18-4-7(15)16/h2H,4H2,1H3,(H2,12,14)(H,13,17)(H,15,16). The van der Waals surface area contributed by atoms with Crippen molar-refractivity contribution in [1.29, 1.82) is 5.26 Å². The number of thioether (sulfide) groups is 1. The molecule has 0 aliphatic heterocycles. The molecule has 0 saturated heterocycles. The predicted molar refractivity (Wildman–Crippen MR) is 61.2 cm³/mol. The van der Waals surface area contributed by atoms with Crippen molar-refractivity contribution in [2.45, 2.75) is 5.03 Å². The van der Waals surface area contributed by atoms with Gasteiger partial charge in [-0.05, 0) is 6.07 Å². The summed E-state index contributed by atoms with van der Waals surface area (Å²) < 4.78 is 0. The first-order chi connectivity index (χ1) is 8.49. The lowest BCUT2D eigenvalue weighted by atomic mass is 10.2. The first-order valence-corrected chi connectivity index (χ1v) is 5.78. The molecule has 1 heterocycles. The third-order valence-electron chi connectivity index (χ3n) is 2.00. The number of aromatic amines is 1. The average Bonchev–Trinajstić information content (AvgIpc) is 2.35. The Kier molecular flexibility index (Phi) is 4.51. The van der Waals surface area contributed by atoms with E-state index in [2.05, 4.69) is 10.3 Å². The van der Waals surface area contributed by atoms with Gasteiger partial charge >= 0.3 is 0 Å². The first kappa shape index (κ1) is 13.8. The molecule has 0 bridgehead atoms. The van der Waals surface area contributed by atoms with Gasteiger partial charge in [-0.1, -0.05) is 11.8 Å². The molecule has 18 heavy (non-hydrogen) atoms. The third-order valence-corrected chi connectivity index (χ3v) is 2.99. The number of H-pyrrole nitrogens is 1. The van der Waals surface area contributed by atoms with E-state index in [9.17, 15) is 14.7 Å². The number of anilines is 1. The monoisotopic (exact) mass is 266 g/mol. The molecule has 8 heteroatoms. The van der Waals surface area contributed by atoms with E-state index < -0.39 is 11.9 Å². The second-order valence-electron chi connectivity index (χ2n) is 3.19. The molecule has 0 aromatic carbocycles. The van der Waals surface area contributed by atoms with Crippen LogP contribution in [-0.4, -0.2) is 24.7 Å². The summed E-state index contributed by atoms with van der Waals surface area (Å²) in [4.78, 5) is 24.4. The molecular formula is C10H10N4O3S. The van der Waals surface area contributed by atoms with Crippen molar-refractivity contribution in [3.05, 3.63) is 17.2 Å². The Balaban J connectivity index is 3.15. The number of hydrogen-bond donors (Lipinski definition) is 2. The molecule has 1 rings (SSSR count). The lowest BCUT2D eigenvalue weighted by Gasteiger charge is -2.05. The van der Waals surface area contributed by atoms with Gasteiger partial charge in [0.25, 0.3) is 11.7 Å². The van der Waals surface area contributed by atoms with Crippen molar-refractivity contribution in [2.75, 3.05) is 18.5 Å². The minimum atomic E-state index is -1.26. The fourth-order valence-electron chi connectivity index (χ4n) is 1.20. The third kappa shape index (κ3) is 3.11. The second-order valence-corrected chi connectivity index (χ2v) is 4.18. The zero-order valence-corrected chi connectivity index (χ0v) is 10.3. The van der Waals surface area contributed by atoms with E-state index in [0.717, 1.165) is 11.8 Å². The molecule has 0 aliphatic carbocycles. The Morgan fingerprint density at radius 1 is 1.67 bits per heavy atom. The second kappa shape index (κ2) is 5.88. The van der Waals surface area contributed by atoms with E-state index in [1.54, 1.807) is 0 Å². The smallest absolute Gasteiger partial charge is 0.284 e. The van der Waals surface area contributed by atoms with Crippen LogP contribution in [0.25, 0.3) is 0 Å². The molecule has 0 saturated carbocycles. The van der Waals surface area contributed by atoms with Crippen molar-refractivity contribution in [2.24, 2.45) is 0 Å². The highest BCUT2D eigenvalue weighted by Gasteiger charge is 2.18. The molecule has 7 nitrogen and oxygen atoms in total. The molecule has 0 atom stereocenters. The Morgan fingerprint density at radius 2 is 2.33 bits per heavy atom. The topological polar surface area (TPSA) is 133 Å². The van der Waals surface area contributed by atoms with Crippen LogP contribution in [0.15, 0.2) is 11.1 Å². The number of nitrogens with zero attached hydrogens (tertiary/aromatic N) is 1. The summed E-state index contributed by atoms with van der Waals surface area (Å²) >= 11 is 0.870. The van der Waals surface area contributed by atoms with Crippen LogP contribution < -0.4 is 21.1 Å². The van der Waals surface area contributed by atoms with Gasteiger partial charge < -0.3 is 15.2 Å². The molecule has 0 aliphatic rings. The number of rotatable bonds is 4. The van der Waals surface area contributed by atoms with E-state index >= 15 is 0 Å². The highest BCUT2D eigenvalue weighted by molar-refractivity contribution is 7.99. The highest BCUT2D eigenvalue weighted by atomic mass is 32.2. The van der Waals surface area contributed by atoms with Crippen LogP contribution in [0.5, 0.6) is 0 Å². The average molecular weight is 266 g/mol. The van der Waals surface area contributed by atoms with Gasteiger partial charge in [-0.15, -0.1) is 0 Å². The maximum Gasteiger partial charge on any atom is 0.284 e. The minimum absolute atomic E-state index is 0.0641. The van der Waals surface area contributed by atoms with E-state index in [4.69, 9.17) is 11.0 Å². The molecule has 1 aromatic rings. The number of carboxylic acid groups (broad SMARTS) is 1. The number of hydrogen-bond acceptors (Lipinski definition) is 6. The lowest BCUT2D eigenvalue weighted by molar-refractivity contribution is -0.410. The van der Waals surface area contributed by atoms with Crippen molar-refractivity contribution in [1.82, 2.24) is 5.32 Å². The van der Waals surface area contributed by atoms with Gasteiger partial charge in [0.2, 0.25) is 0 Å². The lowest BCUT2D eigenvalue weighted by Crippen LogP contribution is -2.27. The molecule has 1 aromatic heterocycles. The Morgan fingerprint density at radius 3 is 2.83 bits per heavy atom. The molecule has 0 unspecified atom stereocenters. The fourth-order valence-corrected chi connectivity index (χ4v) is 1.90. The van der Waals surface area contributed by atoms with E-state index in [-0.39, 0.29) is 27.7 Å². The number of carbonyl (C=O) groups is 2. The highest BCUT2D eigenvalue weighted by Crippen LogP contribution is 2.20. The normalized spacial score (nSPS) is 9.56. The molecule has 0 fully saturated rings. The van der Waals surface area contributed by atoms with E-state index in [0.29, 0.717) is 0 Å². The summed E-state index contributed by atoms with van der Waals surface area (Å²) in [5.74, 6) is -1.94. The number of nitriles is 1. The Bertz CT molecular complexity index is 539. The van der Waals surface area contributed by atoms with Crippen LogP contribution >= 0.6 is 11.8 Å². The van der Waals surface area contributed by atoms with Crippen molar-refractivity contribution >= 4 is 29.5 Å². The first-order valence-electron chi connectivity index (χ1n) is 4.80. The fraction of sp³-hybridized carbons (Fsp3) is 0.200. The van der Waals surface area contributed by atoms with E-state index in [1.807, 2.05) is 6.07 Å². The number of amides is 1. The summed E-state index contributed by atoms with van der Waals surface area (Å²) in [6, 6.07) is 3.17. The number of nitrogen functional groups attached to an aromatic ring is 1. The van der Waals surface area contributed by atoms with Crippen LogP contribution in [0.3, 0.4) is 0 Å².